The lowest BCUT2D eigenvalue weighted by Gasteiger charge is -2.29. The Bertz CT molecular complexity index is 337. The summed E-state index contributed by atoms with van der Waals surface area (Å²) in [7, 11) is 1.78. The number of hydrogen-bond acceptors (Lipinski definition) is 3. The third-order valence-electron chi connectivity index (χ3n) is 3.37. The molecule has 0 rings (SSSR count). The highest BCUT2D eigenvalue weighted by atomic mass is 16.6. The molecule has 1 N–H and O–H groups in total. The average Bonchev–Trinajstić information content (AvgIpc) is 2.38. The second kappa shape index (κ2) is 8.90. The van der Waals surface area contributed by atoms with Gasteiger partial charge in [-0.25, -0.2) is 4.79 Å². The van der Waals surface area contributed by atoms with Crippen LogP contribution in [0.5, 0.6) is 0 Å². The SMILES string of the molecule is CCCCN(C)C(=O)[C@@H](NC(=O)OC(C)(C)C)C(C)CC. The molecule has 5 nitrogen and oxygen atoms in total. The van der Waals surface area contributed by atoms with Gasteiger partial charge in [0.25, 0.3) is 0 Å². The van der Waals surface area contributed by atoms with E-state index in [4.69, 9.17) is 4.74 Å². The van der Waals surface area contributed by atoms with E-state index in [1.54, 1.807) is 32.7 Å². The van der Waals surface area contributed by atoms with Gasteiger partial charge in [0.1, 0.15) is 11.6 Å². The molecule has 0 heterocycles. The molecule has 0 aromatic rings. The van der Waals surface area contributed by atoms with Gasteiger partial charge in [-0.3, -0.25) is 4.79 Å². The molecule has 0 aliphatic rings. The van der Waals surface area contributed by atoms with Gasteiger partial charge in [-0.2, -0.15) is 0 Å². The molecule has 124 valence electrons. The van der Waals surface area contributed by atoms with Crippen LogP contribution in [0.25, 0.3) is 0 Å². The first-order chi connectivity index (χ1) is 9.62. The third kappa shape index (κ3) is 7.93. The van der Waals surface area contributed by atoms with Gasteiger partial charge in [0.2, 0.25) is 5.91 Å². The Morgan fingerprint density at radius 3 is 2.24 bits per heavy atom. The zero-order valence-corrected chi connectivity index (χ0v) is 14.7. The highest BCUT2D eigenvalue weighted by molar-refractivity contribution is 5.85. The van der Waals surface area contributed by atoms with E-state index in [-0.39, 0.29) is 11.8 Å². The number of alkyl carbamates (subject to hydrolysis) is 1. The van der Waals surface area contributed by atoms with Crippen LogP contribution in [0, 0.1) is 5.92 Å². The van der Waals surface area contributed by atoms with Gasteiger partial charge < -0.3 is 15.0 Å². The van der Waals surface area contributed by atoms with Crippen molar-refractivity contribution in [3.63, 3.8) is 0 Å². The number of amides is 2. The maximum Gasteiger partial charge on any atom is 0.408 e. The van der Waals surface area contributed by atoms with Crippen LogP contribution in [-0.2, 0) is 9.53 Å². The van der Waals surface area contributed by atoms with Crippen molar-refractivity contribution in [3.8, 4) is 0 Å². The van der Waals surface area contributed by atoms with Crippen LogP contribution in [0.3, 0.4) is 0 Å². The lowest BCUT2D eigenvalue weighted by Crippen LogP contribution is -2.51. The van der Waals surface area contributed by atoms with E-state index in [1.807, 2.05) is 13.8 Å². The zero-order valence-electron chi connectivity index (χ0n) is 14.7. The van der Waals surface area contributed by atoms with Crippen LogP contribution < -0.4 is 5.32 Å². The fourth-order valence-electron chi connectivity index (χ4n) is 1.86. The number of unbranched alkanes of at least 4 members (excludes halogenated alkanes) is 1. The first-order valence-electron chi connectivity index (χ1n) is 7.86. The molecule has 0 bridgehead atoms. The van der Waals surface area contributed by atoms with E-state index < -0.39 is 17.7 Å². The Hall–Kier alpha value is -1.26. The van der Waals surface area contributed by atoms with Crippen molar-refractivity contribution in [3.05, 3.63) is 0 Å². The molecule has 0 fully saturated rings. The number of ether oxygens (including phenoxy) is 1. The molecule has 1 unspecified atom stereocenters. The number of rotatable bonds is 7. The van der Waals surface area contributed by atoms with E-state index in [1.165, 1.54) is 0 Å². The molecule has 21 heavy (non-hydrogen) atoms. The summed E-state index contributed by atoms with van der Waals surface area (Å²) in [5.74, 6) is 0.0118. The van der Waals surface area contributed by atoms with Gasteiger partial charge in [0, 0.05) is 13.6 Å². The largest absolute Gasteiger partial charge is 0.444 e. The molecular formula is C16H32N2O3. The molecule has 2 amide bonds. The first-order valence-corrected chi connectivity index (χ1v) is 7.86. The van der Waals surface area contributed by atoms with Crippen LogP contribution in [-0.4, -0.2) is 42.1 Å². The molecule has 0 radical (unpaired) electrons. The van der Waals surface area contributed by atoms with Crippen LogP contribution >= 0.6 is 0 Å². The predicted molar refractivity (Wildman–Crippen MR) is 85.2 cm³/mol. The van der Waals surface area contributed by atoms with Crippen molar-refractivity contribution in [1.29, 1.82) is 0 Å². The minimum absolute atomic E-state index is 0.0522. The Balaban J connectivity index is 4.80. The van der Waals surface area contributed by atoms with Crippen molar-refractivity contribution in [2.45, 2.75) is 72.4 Å². The van der Waals surface area contributed by atoms with Crippen molar-refractivity contribution in [1.82, 2.24) is 10.2 Å². The highest BCUT2D eigenvalue weighted by Crippen LogP contribution is 2.13. The topological polar surface area (TPSA) is 58.6 Å². The van der Waals surface area contributed by atoms with Gasteiger partial charge in [-0.05, 0) is 33.1 Å². The lowest BCUT2D eigenvalue weighted by atomic mass is 9.98. The Morgan fingerprint density at radius 1 is 1.24 bits per heavy atom. The molecule has 0 saturated heterocycles. The first kappa shape index (κ1) is 19.7. The summed E-state index contributed by atoms with van der Waals surface area (Å²) in [5, 5.41) is 2.73. The summed E-state index contributed by atoms with van der Waals surface area (Å²) in [6, 6.07) is -0.535. The number of carbonyl (C=O) groups excluding carboxylic acids is 2. The number of carbonyl (C=O) groups is 2. The smallest absolute Gasteiger partial charge is 0.408 e. The maximum atomic E-state index is 12.5. The predicted octanol–water partition coefficient (Wildman–Crippen LogP) is 3.18. The number of hydrogen-bond donors (Lipinski definition) is 1. The van der Waals surface area contributed by atoms with Crippen molar-refractivity contribution in [2.75, 3.05) is 13.6 Å². The second-order valence-corrected chi connectivity index (χ2v) is 6.62. The summed E-state index contributed by atoms with van der Waals surface area (Å²) in [6.07, 6.45) is 2.27. The van der Waals surface area contributed by atoms with E-state index >= 15 is 0 Å². The minimum Gasteiger partial charge on any atom is -0.444 e. The van der Waals surface area contributed by atoms with E-state index in [0.29, 0.717) is 6.54 Å². The van der Waals surface area contributed by atoms with Crippen molar-refractivity contribution in [2.24, 2.45) is 5.92 Å². The quantitative estimate of drug-likeness (QED) is 0.785. The molecule has 0 saturated carbocycles. The number of nitrogens with zero attached hydrogens (tertiary/aromatic N) is 1. The molecule has 0 aliphatic carbocycles. The number of nitrogens with one attached hydrogen (secondary N) is 1. The van der Waals surface area contributed by atoms with E-state index in [2.05, 4.69) is 12.2 Å². The third-order valence-corrected chi connectivity index (χ3v) is 3.37. The molecular weight excluding hydrogens is 268 g/mol. The molecule has 0 aromatic carbocycles. The molecule has 5 heteroatoms. The average molecular weight is 300 g/mol. The highest BCUT2D eigenvalue weighted by Gasteiger charge is 2.30. The molecule has 2 atom stereocenters. The monoisotopic (exact) mass is 300 g/mol. The van der Waals surface area contributed by atoms with Crippen LogP contribution in [0.15, 0.2) is 0 Å². The van der Waals surface area contributed by atoms with Crippen molar-refractivity contribution < 1.29 is 14.3 Å². The van der Waals surface area contributed by atoms with E-state index in [9.17, 15) is 9.59 Å². The normalized spacial score (nSPS) is 14.2. The van der Waals surface area contributed by atoms with Crippen LogP contribution in [0.1, 0.15) is 60.8 Å². The summed E-state index contributed by atoms with van der Waals surface area (Å²) in [5.41, 5.74) is -0.568. The molecule has 0 aromatic heterocycles. The summed E-state index contributed by atoms with van der Waals surface area (Å²) >= 11 is 0. The van der Waals surface area contributed by atoms with Gasteiger partial charge in [0.15, 0.2) is 0 Å². The zero-order chi connectivity index (χ0) is 16.6. The number of likely N-dealkylation sites (N-methyl/N-ethyl adjacent to an activating group) is 1. The summed E-state index contributed by atoms with van der Waals surface area (Å²) < 4.78 is 5.25. The van der Waals surface area contributed by atoms with Crippen LogP contribution in [0.2, 0.25) is 0 Å². The van der Waals surface area contributed by atoms with Gasteiger partial charge in [0.05, 0.1) is 0 Å². The Labute approximate surface area is 129 Å². The molecule has 0 aliphatic heterocycles. The minimum atomic E-state index is -0.568. The fourth-order valence-corrected chi connectivity index (χ4v) is 1.86. The molecule has 0 spiro atoms. The maximum absolute atomic E-state index is 12.5. The van der Waals surface area contributed by atoms with Gasteiger partial charge in [-0.15, -0.1) is 0 Å². The lowest BCUT2D eigenvalue weighted by molar-refractivity contribution is -0.133. The standard InChI is InChI=1S/C16H32N2O3/c1-8-10-11-18(7)14(19)13(12(3)9-2)17-15(20)21-16(4,5)6/h12-13H,8-11H2,1-7H3,(H,17,20)/t12?,13-/m0/s1. The fraction of sp³-hybridized carbons (Fsp3) is 0.875. The Morgan fingerprint density at radius 2 is 1.81 bits per heavy atom. The summed E-state index contributed by atoms with van der Waals surface area (Å²) in [6.45, 7) is 12.2. The van der Waals surface area contributed by atoms with Gasteiger partial charge in [-0.1, -0.05) is 33.6 Å². The summed E-state index contributed by atoms with van der Waals surface area (Å²) in [4.78, 5) is 26.1. The second-order valence-electron chi connectivity index (χ2n) is 6.62. The Kier molecular flexibility index (Phi) is 8.37. The van der Waals surface area contributed by atoms with Gasteiger partial charge >= 0.3 is 6.09 Å². The van der Waals surface area contributed by atoms with E-state index in [0.717, 1.165) is 19.3 Å². The van der Waals surface area contributed by atoms with Crippen molar-refractivity contribution >= 4 is 12.0 Å². The van der Waals surface area contributed by atoms with Crippen LogP contribution in [0.4, 0.5) is 4.79 Å².